The van der Waals surface area contributed by atoms with Crippen molar-refractivity contribution in [3.8, 4) is 0 Å². The predicted octanol–water partition coefficient (Wildman–Crippen LogP) is 2.19. The first-order valence-corrected chi connectivity index (χ1v) is 6.28. The molecule has 0 aliphatic rings. The molecule has 0 bridgehead atoms. The van der Waals surface area contributed by atoms with Gasteiger partial charge in [-0.05, 0) is 29.8 Å². The van der Waals surface area contributed by atoms with E-state index in [2.05, 4.69) is 10.3 Å². The fraction of sp³-hybridized carbons (Fsp3) is 0.0667. The molecule has 106 valence electrons. The first-order chi connectivity index (χ1) is 10.1. The lowest BCUT2D eigenvalue weighted by Crippen LogP contribution is -2.23. The molecule has 3 rings (SSSR count). The molecule has 1 amide bonds. The molecule has 0 unspecified atom stereocenters. The zero-order valence-electron chi connectivity index (χ0n) is 10.9. The van der Waals surface area contributed by atoms with Gasteiger partial charge in [-0.25, -0.2) is 9.18 Å². The molecule has 0 saturated carbocycles. The Kier molecular flexibility index (Phi) is 3.27. The monoisotopic (exact) mass is 286 g/mol. The summed E-state index contributed by atoms with van der Waals surface area (Å²) in [7, 11) is 0. The van der Waals surface area contributed by atoms with Crippen LogP contribution in [0.4, 0.5) is 4.39 Å². The summed E-state index contributed by atoms with van der Waals surface area (Å²) in [6.45, 7) is 0.206. The number of hydrogen-bond donors (Lipinski definition) is 2. The summed E-state index contributed by atoms with van der Waals surface area (Å²) in [6, 6.07) is 10.8. The molecular weight excluding hydrogens is 275 g/mol. The van der Waals surface area contributed by atoms with Crippen LogP contribution in [-0.4, -0.2) is 10.9 Å². The number of benzene rings is 2. The first kappa shape index (κ1) is 13.1. The summed E-state index contributed by atoms with van der Waals surface area (Å²) < 4.78 is 18.4. The van der Waals surface area contributed by atoms with Gasteiger partial charge < -0.3 is 9.73 Å². The van der Waals surface area contributed by atoms with Gasteiger partial charge in [0.15, 0.2) is 5.58 Å². The number of halogens is 1. The van der Waals surface area contributed by atoms with Gasteiger partial charge in [-0.3, -0.25) is 9.78 Å². The number of aromatic nitrogens is 1. The number of aromatic amines is 1. The molecule has 6 heteroatoms. The smallest absolute Gasteiger partial charge is 0.408 e. The van der Waals surface area contributed by atoms with Gasteiger partial charge in [0.1, 0.15) is 5.82 Å². The molecule has 5 nitrogen and oxygen atoms in total. The number of carbonyl (C=O) groups excluding carboxylic acids is 1. The summed E-state index contributed by atoms with van der Waals surface area (Å²) in [4.78, 5) is 25.5. The van der Waals surface area contributed by atoms with Crippen LogP contribution in [0.1, 0.15) is 15.9 Å². The first-order valence-electron chi connectivity index (χ1n) is 6.28. The fourth-order valence-electron chi connectivity index (χ4n) is 2.02. The van der Waals surface area contributed by atoms with Gasteiger partial charge in [0.25, 0.3) is 5.91 Å². The van der Waals surface area contributed by atoms with Gasteiger partial charge in [-0.15, -0.1) is 0 Å². The van der Waals surface area contributed by atoms with E-state index in [1.165, 1.54) is 18.2 Å². The molecule has 0 aliphatic heterocycles. The van der Waals surface area contributed by atoms with Crippen molar-refractivity contribution in [2.24, 2.45) is 0 Å². The van der Waals surface area contributed by atoms with E-state index in [4.69, 9.17) is 4.42 Å². The zero-order valence-corrected chi connectivity index (χ0v) is 10.9. The van der Waals surface area contributed by atoms with Crippen LogP contribution in [0.15, 0.2) is 51.7 Å². The minimum atomic E-state index is -0.568. The Morgan fingerprint density at radius 1 is 1.24 bits per heavy atom. The van der Waals surface area contributed by atoms with Crippen LogP contribution in [0, 0.1) is 5.82 Å². The van der Waals surface area contributed by atoms with Crippen LogP contribution in [-0.2, 0) is 6.54 Å². The van der Waals surface area contributed by atoms with E-state index in [9.17, 15) is 14.0 Å². The van der Waals surface area contributed by atoms with Crippen LogP contribution in [0.3, 0.4) is 0 Å². The second-order valence-corrected chi connectivity index (χ2v) is 4.51. The van der Waals surface area contributed by atoms with E-state index in [0.717, 1.165) is 5.56 Å². The second kappa shape index (κ2) is 5.24. The number of rotatable bonds is 3. The van der Waals surface area contributed by atoms with Crippen molar-refractivity contribution in [3.63, 3.8) is 0 Å². The molecule has 0 saturated heterocycles. The van der Waals surface area contributed by atoms with Gasteiger partial charge in [-0.2, -0.15) is 0 Å². The number of carbonyl (C=O) groups is 1. The highest BCUT2D eigenvalue weighted by atomic mass is 19.1. The molecule has 0 fully saturated rings. The maximum Gasteiger partial charge on any atom is 0.417 e. The van der Waals surface area contributed by atoms with Gasteiger partial charge in [0, 0.05) is 6.54 Å². The molecule has 21 heavy (non-hydrogen) atoms. The number of amides is 1. The number of H-pyrrole nitrogens is 1. The minimum absolute atomic E-state index is 0.00763. The van der Waals surface area contributed by atoms with Crippen LogP contribution >= 0.6 is 0 Å². The van der Waals surface area contributed by atoms with Crippen molar-refractivity contribution < 1.29 is 13.6 Å². The molecule has 2 N–H and O–H groups in total. The normalized spacial score (nSPS) is 10.7. The van der Waals surface area contributed by atoms with Gasteiger partial charge in [0.05, 0.1) is 11.1 Å². The third-order valence-electron chi connectivity index (χ3n) is 3.06. The Bertz CT molecular complexity index is 866. The topological polar surface area (TPSA) is 75.1 Å². The highest BCUT2D eigenvalue weighted by Crippen LogP contribution is 2.12. The van der Waals surface area contributed by atoms with E-state index in [0.29, 0.717) is 11.1 Å². The third-order valence-corrected chi connectivity index (χ3v) is 3.06. The van der Waals surface area contributed by atoms with Crippen LogP contribution in [0.2, 0.25) is 0 Å². The van der Waals surface area contributed by atoms with Crippen molar-refractivity contribution in [2.45, 2.75) is 6.54 Å². The van der Waals surface area contributed by atoms with Gasteiger partial charge >= 0.3 is 5.76 Å². The maximum atomic E-state index is 13.5. The summed E-state index contributed by atoms with van der Waals surface area (Å²) in [5.41, 5.74) is 1.74. The van der Waals surface area contributed by atoms with Gasteiger partial charge in [0.2, 0.25) is 0 Å². The number of oxazole rings is 1. The molecular formula is C15H11FN2O3. The van der Waals surface area contributed by atoms with Crippen molar-refractivity contribution in [3.05, 3.63) is 70.0 Å². The Morgan fingerprint density at radius 2 is 2.05 bits per heavy atom. The number of fused-ring (bicyclic) bond motifs is 1. The minimum Gasteiger partial charge on any atom is -0.408 e. The van der Waals surface area contributed by atoms with E-state index >= 15 is 0 Å². The van der Waals surface area contributed by atoms with Crippen molar-refractivity contribution in [2.75, 3.05) is 0 Å². The quantitative estimate of drug-likeness (QED) is 0.775. The fourth-order valence-corrected chi connectivity index (χ4v) is 2.02. The molecule has 1 aromatic heterocycles. The van der Waals surface area contributed by atoms with E-state index in [1.54, 1.807) is 24.3 Å². The molecule has 0 aliphatic carbocycles. The molecule has 1 heterocycles. The van der Waals surface area contributed by atoms with Crippen molar-refractivity contribution >= 4 is 17.0 Å². The lowest BCUT2D eigenvalue weighted by molar-refractivity contribution is 0.0947. The average molecular weight is 286 g/mol. The largest absolute Gasteiger partial charge is 0.417 e. The summed E-state index contributed by atoms with van der Waals surface area (Å²) in [5.74, 6) is -1.59. The molecule has 0 radical (unpaired) electrons. The molecule has 0 atom stereocenters. The molecule has 3 aromatic rings. The lowest BCUT2D eigenvalue weighted by Gasteiger charge is -2.06. The summed E-state index contributed by atoms with van der Waals surface area (Å²) in [5, 5.41) is 2.62. The van der Waals surface area contributed by atoms with E-state index in [-0.39, 0.29) is 12.1 Å². The SMILES string of the molecule is O=C(NCc1ccc2[nH]c(=O)oc2c1)c1ccccc1F. The molecule has 2 aromatic carbocycles. The Balaban J connectivity index is 1.75. The van der Waals surface area contributed by atoms with Crippen molar-refractivity contribution in [1.82, 2.24) is 10.3 Å². The van der Waals surface area contributed by atoms with Gasteiger partial charge in [-0.1, -0.05) is 18.2 Å². The summed E-state index contributed by atoms with van der Waals surface area (Å²) in [6.07, 6.45) is 0. The Morgan fingerprint density at radius 3 is 2.86 bits per heavy atom. The average Bonchev–Trinajstić information content (AvgIpc) is 2.84. The number of nitrogens with one attached hydrogen (secondary N) is 2. The zero-order chi connectivity index (χ0) is 14.8. The highest BCUT2D eigenvalue weighted by molar-refractivity contribution is 5.94. The number of hydrogen-bond acceptors (Lipinski definition) is 3. The second-order valence-electron chi connectivity index (χ2n) is 4.51. The third kappa shape index (κ3) is 2.69. The van der Waals surface area contributed by atoms with Crippen LogP contribution in [0.25, 0.3) is 11.1 Å². The summed E-state index contributed by atoms with van der Waals surface area (Å²) >= 11 is 0. The van der Waals surface area contributed by atoms with Crippen molar-refractivity contribution in [1.29, 1.82) is 0 Å². The highest BCUT2D eigenvalue weighted by Gasteiger charge is 2.10. The van der Waals surface area contributed by atoms with E-state index in [1.807, 2.05) is 0 Å². The Hall–Kier alpha value is -2.89. The predicted molar refractivity (Wildman–Crippen MR) is 74.4 cm³/mol. The lowest BCUT2D eigenvalue weighted by atomic mass is 10.1. The van der Waals surface area contributed by atoms with Crippen LogP contribution in [0.5, 0.6) is 0 Å². The van der Waals surface area contributed by atoms with Crippen LogP contribution < -0.4 is 11.1 Å². The Labute approximate surface area is 118 Å². The van der Waals surface area contributed by atoms with E-state index < -0.39 is 17.5 Å². The molecule has 0 spiro atoms. The maximum absolute atomic E-state index is 13.5. The standard InChI is InChI=1S/C15H11FN2O3/c16-11-4-2-1-3-10(11)14(19)17-8-9-5-6-12-13(7-9)21-15(20)18-12/h1-7H,8H2,(H,17,19)(H,18,20).